The number of rotatable bonds is 7. The lowest BCUT2D eigenvalue weighted by Crippen LogP contribution is -2.35. The molecule has 36 heavy (non-hydrogen) atoms. The van der Waals surface area contributed by atoms with Gasteiger partial charge >= 0.3 is 0 Å². The van der Waals surface area contributed by atoms with Crippen LogP contribution in [0.2, 0.25) is 5.15 Å². The lowest BCUT2D eigenvalue weighted by Gasteiger charge is -2.30. The maximum Gasteiger partial charge on any atom is 0.254 e. The molecule has 0 bridgehead atoms. The van der Waals surface area contributed by atoms with Gasteiger partial charge in [0.2, 0.25) is 0 Å². The molecule has 0 radical (unpaired) electrons. The fraction of sp³-hybridized carbons (Fsp3) is 0.333. The molecule has 1 fully saturated rings. The van der Waals surface area contributed by atoms with Gasteiger partial charge in [-0.1, -0.05) is 41.9 Å². The predicted molar refractivity (Wildman–Crippen MR) is 138 cm³/mol. The summed E-state index contributed by atoms with van der Waals surface area (Å²) in [5, 5.41) is 19.7. The second-order valence-corrected chi connectivity index (χ2v) is 9.74. The molecule has 1 aliphatic heterocycles. The SMILES string of the molecule is Cc1nnc2ccc(CN(C)C(=O)c3ccccc3CC3CCCN3[C@H](O)c3ccc(Cl)nc3)cn12. The van der Waals surface area contributed by atoms with Gasteiger partial charge in [-0.15, -0.1) is 10.2 Å². The second-order valence-electron chi connectivity index (χ2n) is 9.36. The van der Waals surface area contributed by atoms with Gasteiger partial charge in [0.05, 0.1) is 0 Å². The molecule has 0 saturated carbocycles. The summed E-state index contributed by atoms with van der Waals surface area (Å²) in [6.45, 7) is 3.16. The number of amides is 1. The first kappa shape index (κ1) is 24.4. The molecule has 5 rings (SSSR count). The molecule has 4 aromatic rings. The highest BCUT2D eigenvalue weighted by Gasteiger charge is 2.31. The highest BCUT2D eigenvalue weighted by atomic mass is 35.5. The Bertz CT molecular complexity index is 1370. The number of hydrogen-bond acceptors (Lipinski definition) is 6. The van der Waals surface area contributed by atoms with Crippen LogP contribution in [-0.4, -0.2) is 60.0 Å². The molecular weight excluding hydrogens is 476 g/mol. The lowest BCUT2D eigenvalue weighted by molar-refractivity contribution is -0.00723. The summed E-state index contributed by atoms with van der Waals surface area (Å²) in [7, 11) is 1.82. The van der Waals surface area contributed by atoms with Crippen LogP contribution in [0.4, 0.5) is 0 Å². The molecule has 4 heterocycles. The van der Waals surface area contributed by atoms with Gasteiger partial charge in [0, 0.05) is 49.7 Å². The molecule has 2 atom stereocenters. The number of carbonyl (C=O) groups excluding carboxylic acids is 1. The van der Waals surface area contributed by atoms with Crippen molar-refractivity contribution in [3.05, 3.63) is 94.2 Å². The van der Waals surface area contributed by atoms with Crippen molar-refractivity contribution in [3.63, 3.8) is 0 Å². The number of carbonyl (C=O) groups is 1. The Balaban J connectivity index is 1.32. The number of benzene rings is 1. The number of halogens is 1. The molecule has 1 unspecified atom stereocenters. The number of aryl methyl sites for hydroxylation is 1. The van der Waals surface area contributed by atoms with Crippen molar-refractivity contribution in [3.8, 4) is 0 Å². The molecule has 0 spiro atoms. The molecule has 0 aliphatic carbocycles. The highest BCUT2D eigenvalue weighted by Crippen LogP contribution is 2.30. The van der Waals surface area contributed by atoms with Crippen molar-refractivity contribution in [2.75, 3.05) is 13.6 Å². The highest BCUT2D eigenvalue weighted by molar-refractivity contribution is 6.29. The minimum Gasteiger partial charge on any atom is -0.374 e. The molecule has 186 valence electrons. The van der Waals surface area contributed by atoms with Crippen LogP contribution in [0.1, 0.15) is 51.9 Å². The van der Waals surface area contributed by atoms with Gasteiger partial charge in [0.1, 0.15) is 17.2 Å². The van der Waals surface area contributed by atoms with Gasteiger partial charge in [-0.3, -0.25) is 14.1 Å². The van der Waals surface area contributed by atoms with E-state index < -0.39 is 6.23 Å². The van der Waals surface area contributed by atoms with E-state index in [1.807, 2.05) is 61.0 Å². The third-order valence-electron chi connectivity index (χ3n) is 6.89. The Morgan fingerprint density at radius 1 is 1.19 bits per heavy atom. The van der Waals surface area contributed by atoms with Gasteiger partial charge < -0.3 is 10.0 Å². The quantitative estimate of drug-likeness (QED) is 0.382. The minimum atomic E-state index is -0.760. The van der Waals surface area contributed by atoms with E-state index in [2.05, 4.69) is 20.1 Å². The summed E-state index contributed by atoms with van der Waals surface area (Å²) in [6.07, 6.45) is 5.46. The Morgan fingerprint density at radius 3 is 2.83 bits per heavy atom. The van der Waals surface area contributed by atoms with E-state index in [0.717, 1.165) is 47.5 Å². The van der Waals surface area contributed by atoms with Crippen LogP contribution >= 0.6 is 11.6 Å². The number of aliphatic hydroxyl groups is 1. The standard InChI is InChI=1S/C27H29ClN6O2/c1-18-30-31-25-12-9-19(17-34(18)25)16-32(2)27(36)23-8-4-3-6-20(23)14-22-7-5-13-33(22)26(35)21-10-11-24(28)29-15-21/h3-4,6,8-12,15,17,22,26,35H,5,7,13-14,16H2,1-2H3/t22?,26-/m1/s1. The fourth-order valence-corrected chi connectivity index (χ4v) is 5.10. The van der Waals surface area contributed by atoms with Crippen LogP contribution in [0.25, 0.3) is 5.65 Å². The number of nitrogens with zero attached hydrogens (tertiary/aromatic N) is 6. The molecule has 1 aromatic carbocycles. The van der Waals surface area contributed by atoms with Crippen LogP contribution in [0.5, 0.6) is 0 Å². The maximum absolute atomic E-state index is 13.5. The zero-order chi connectivity index (χ0) is 25.2. The monoisotopic (exact) mass is 504 g/mol. The molecule has 1 saturated heterocycles. The topological polar surface area (TPSA) is 86.9 Å². The van der Waals surface area contributed by atoms with Gasteiger partial charge in [0.25, 0.3) is 5.91 Å². The van der Waals surface area contributed by atoms with Crippen molar-refractivity contribution in [2.24, 2.45) is 0 Å². The first-order valence-electron chi connectivity index (χ1n) is 12.1. The van der Waals surface area contributed by atoms with Crippen LogP contribution in [0.15, 0.2) is 60.9 Å². The Kier molecular flexibility index (Phi) is 7.00. The van der Waals surface area contributed by atoms with E-state index in [1.165, 1.54) is 0 Å². The zero-order valence-electron chi connectivity index (χ0n) is 20.4. The first-order chi connectivity index (χ1) is 17.4. The third-order valence-corrected chi connectivity index (χ3v) is 7.11. The lowest BCUT2D eigenvalue weighted by atomic mass is 9.97. The molecule has 1 N–H and O–H groups in total. The summed E-state index contributed by atoms with van der Waals surface area (Å²) < 4.78 is 1.93. The average molecular weight is 505 g/mol. The number of hydrogen-bond donors (Lipinski definition) is 1. The molecule has 1 aliphatic rings. The predicted octanol–water partition coefficient (Wildman–Crippen LogP) is 4.06. The van der Waals surface area contributed by atoms with E-state index in [-0.39, 0.29) is 11.9 Å². The summed E-state index contributed by atoms with van der Waals surface area (Å²) >= 11 is 5.91. The van der Waals surface area contributed by atoms with Crippen LogP contribution in [0.3, 0.4) is 0 Å². The summed E-state index contributed by atoms with van der Waals surface area (Å²) in [5.41, 5.74) is 4.18. The maximum atomic E-state index is 13.5. The Labute approximate surface area is 215 Å². The number of fused-ring (bicyclic) bond motifs is 1. The summed E-state index contributed by atoms with van der Waals surface area (Å²) in [6, 6.07) is 15.3. The van der Waals surface area contributed by atoms with Gasteiger partial charge in [0.15, 0.2) is 5.65 Å². The molecular formula is C27H29ClN6O2. The van der Waals surface area contributed by atoms with Crippen molar-refractivity contribution in [1.29, 1.82) is 0 Å². The zero-order valence-corrected chi connectivity index (χ0v) is 21.1. The van der Waals surface area contributed by atoms with Crippen LogP contribution < -0.4 is 0 Å². The number of likely N-dealkylation sites (tertiary alicyclic amines) is 1. The van der Waals surface area contributed by atoms with Crippen LogP contribution in [-0.2, 0) is 13.0 Å². The summed E-state index contributed by atoms with van der Waals surface area (Å²) in [4.78, 5) is 21.4. The van der Waals surface area contributed by atoms with E-state index in [9.17, 15) is 9.90 Å². The van der Waals surface area contributed by atoms with E-state index in [0.29, 0.717) is 23.7 Å². The number of pyridine rings is 2. The largest absolute Gasteiger partial charge is 0.374 e. The summed E-state index contributed by atoms with van der Waals surface area (Å²) in [5.74, 6) is 0.780. The Morgan fingerprint density at radius 2 is 2.03 bits per heavy atom. The molecule has 3 aromatic heterocycles. The second kappa shape index (κ2) is 10.3. The number of aliphatic hydroxyl groups excluding tert-OH is 1. The van der Waals surface area contributed by atoms with Crippen molar-refractivity contribution in [1.82, 2.24) is 29.4 Å². The smallest absolute Gasteiger partial charge is 0.254 e. The first-order valence-corrected chi connectivity index (χ1v) is 12.5. The van der Waals surface area contributed by atoms with E-state index >= 15 is 0 Å². The molecule has 1 amide bonds. The van der Waals surface area contributed by atoms with E-state index in [1.54, 1.807) is 23.2 Å². The molecule has 9 heteroatoms. The van der Waals surface area contributed by atoms with Gasteiger partial charge in [-0.2, -0.15) is 0 Å². The van der Waals surface area contributed by atoms with E-state index in [4.69, 9.17) is 11.6 Å². The average Bonchev–Trinajstić information content (AvgIpc) is 3.50. The Hall–Kier alpha value is -3.33. The van der Waals surface area contributed by atoms with Crippen molar-refractivity contribution >= 4 is 23.2 Å². The van der Waals surface area contributed by atoms with Gasteiger partial charge in [-0.05, 0) is 55.5 Å². The number of aromatic nitrogens is 4. The van der Waals surface area contributed by atoms with Crippen molar-refractivity contribution in [2.45, 2.75) is 45.0 Å². The fourth-order valence-electron chi connectivity index (χ4n) is 4.99. The third kappa shape index (κ3) is 4.97. The van der Waals surface area contributed by atoms with Crippen molar-refractivity contribution < 1.29 is 9.90 Å². The minimum absolute atomic E-state index is 0.0295. The van der Waals surface area contributed by atoms with Crippen LogP contribution in [0, 0.1) is 6.92 Å². The van der Waals surface area contributed by atoms with Gasteiger partial charge in [-0.25, -0.2) is 4.98 Å². The molecule has 8 nitrogen and oxygen atoms in total. The normalized spacial score (nSPS) is 16.9.